The normalized spacial score (nSPS) is 14.1. The molecular formula is C17H28F8O. The molecule has 26 heavy (non-hydrogen) atoms. The molecule has 0 radical (unpaired) electrons. The first kappa shape index (κ1) is 25.4. The van der Waals surface area contributed by atoms with Crippen molar-refractivity contribution < 1.29 is 40.2 Å². The molecule has 0 saturated carbocycles. The highest BCUT2D eigenvalue weighted by molar-refractivity contribution is 5.03. The Kier molecular flexibility index (Phi) is 10.4. The van der Waals surface area contributed by atoms with Gasteiger partial charge in [0.25, 0.3) is 0 Å². The van der Waals surface area contributed by atoms with Crippen molar-refractivity contribution in [2.75, 3.05) is 6.61 Å². The topological polar surface area (TPSA) is 20.2 Å². The van der Waals surface area contributed by atoms with Crippen LogP contribution >= 0.6 is 0 Å². The molecule has 0 saturated heterocycles. The van der Waals surface area contributed by atoms with Crippen LogP contribution in [0.2, 0.25) is 0 Å². The van der Waals surface area contributed by atoms with Gasteiger partial charge >= 0.3 is 23.7 Å². The molecule has 0 unspecified atom stereocenters. The fourth-order valence-corrected chi connectivity index (χ4v) is 2.54. The third-order valence-electron chi connectivity index (χ3n) is 4.31. The van der Waals surface area contributed by atoms with Crippen LogP contribution in [0.15, 0.2) is 0 Å². The van der Waals surface area contributed by atoms with E-state index in [0.29, 0.717) is 32.1 Å². The fraction of sp³-hybridized carbons (Fsp3) is 1.00. The summed E-state index contributed by atoms with van der Waals surface area (Å²) in [6.45, 7) is 1.58. The predicted molar refractivity (Wildman–Crippen MR) is 83.3 cm³/mol. The minimum absolute atomic E-state index is 0.0220. The van der Waals surface area contributed by atoms with Gasteiger partial charge in [-0.3, -0.25) is 0 Å². The van der Waals surface area contributed by atoms with Gasteiger partial charge in [0.05, 0.1) is 0 Å². The Bertz CT molecular complexity index is 385. The Balaban J connectivity index is 4.79. The summed E-state index contributed by atoms with van der Waals surface area (Å²) in [7, 11) is 0. The van der Waals surface area contributed by atoms with Gasteiger partial charge in [-0.05, 0) is 19.3 Å². The SMILES string of the molecule is CCCCCC(F)(F)C(F)(F)C(F)(F)C(F)(F)CCCCCCCCO. The highest BCUT2D eigenvalue weighted by Gasteiger charge is 2.79. The molecular weight excluding hydrogens is 372 g/mol. The van der Waals surface area contributed by atoms with Crippen LogP contribution in [0, 0.1) is 0 Å². The van der Waals surface area contributed by atoms with E-state index >= 15 is 0 Å². The molecule has 0 bridgehead atoms. The van der Waals surface area contributed by atoms with Crippen LogP contribution in [-0.4, -0.2) is 35.4 Å². The van der Waals surface area contributed by atoms with Crippen molar-refractivity contribution in [1.29, 1.82) is 0 Å². The number of aliphatic hydroxyl groups is 1. The second-order valence-corrected chi connectivity index (χ2v) is 6.61. The summed E-state index contributed by atoms with van der Waals surface area (Å²) >= 11 is 0. The molecule has 1 N–H and O–H groups in total. The summed E-state index contributed by atoms with van der Waals surface area (Å²) in [5.41, 5.74) is 0. The smallest absolute Gasteiger partial charge is 0.378 e. The van der Waals surface area contributed by atoms with Crippen LogP contribution in [0.1, 0.15) is 77.6 Å². The average Bonchev–Trinajstić information content (AvgIpc) is 2.53. The van der Waals surface area contributed by atoms with Crippen LogP contribution in [-0.2, 0) is 0 Å². The Morgan fingerprint density at radius 1 is 0.538 bits per heavy atom. The lowest BCUT2D eigenvalue weighted by atomic mass is 9.92. The van der Waals surface area contributed by atoms with E-state index in [1.54, 1.807) is 6.92 Å². The Hall–Kier alpha value is -0.600. The van der Waals surface area contributed by atoms with E-state index in [1.807, 2.05) is 0 Å². The summed E-state index contributed by atoms with van der Waals surface area (Å²) in [5.74, 6) is -22.7. The van der Waals surface area contributed by atoms with E-state index in [9.17, 15) is 35.1 Å². The van der Waals surface area contributed by atoms with E-state index in [2.05, 4.69) is 0 Å². The largest absolute Gasteiger partial charge is 0.396 e. The van der Waals surface area contributed by atoms with Crippen LogP contribution in [0.4, 0.5) is 35.1 Å². The molecule has 0 amide bonds. The van der Waals surface area contributed by atoms with Gasteiger partial charge in [-0.1, -0.05) is 45.4 Å². The third kappa shape index (κ3) is 6.53. The molecule has 0 aliphatic heterocycles. The molecule has 158 valence electrons. The molecule has 0 atom stereocenters. The van der Waals surface area contributed by atoms with Crippen molar-refractivity contribution in [2.45, 2.75) is 101 Å². The molecule has 0 aromatic carbocycles. The van der Waals surface area contributed by atoms with Crippen molar-refractivity contribution in [2.24, 2.45) is 0 Å². The lowest BCUT2D eigenvalue weighted by Gasteiger charge is -2.37. The van der Waals surface area contributed by atoms with Crippen LogP contribution in [0.3, 0.4) is 0 Å². The summed E-state index contributed by atoms with van der Waals surface area (Å²) in [6.07, 6.45) is -1.33. The van der Waals surface area contributed by atoms with Crippen LogP contribution in [0.25, 0.3) is 0 Å². The molecule has 0 aliphatic carbocycles. The second kappa shape index (κ2) is 10.7. The fourth-order valence-electron chi connectivity index (χ4n) is 2.54. The minimum atomic E-state index is -6.13. The molecule has 9 heteroatoms. The summed E-state index contributed by atoms with van der Waals surface area (Å²) < 4.78 is 109. The van der Waals surface area contributed by atoms with Gasteiger partial charge in [-0.25, -0.2) is 0 Å². The Morgan fingerprint density at radius 2 is 0.885 bits per heavy atom. The van der Waals surface area contributed by atoms with Crippen molar-refractivity contribution in [3.63, 3.8) is 0 Å². The maximum absolute atomic E-state index is 13.7. The van der Waals surface area contributed by atoms with E-state index in [4.69, 9.17) is 5.11 Å². The summed E-state index contributed by atoms with van der Waals surface area (Å²) in [4.78, 5) is 0. The molecule has 0 aromatic rings. The van der Waals surface area contributed by atoms with Gasteiger partial charge in [0.15, 0.2) is 0 Å². The molecule has 0 spiro atoms. The first-order chi connectivity index (χ1) is 11.9. The van der Waals surface area contributed by atoms with Gasteiger partial charge in [-0.2, -0.15) is 35.1 Å². The molecule has 0 aromatic heterocycles. The monoisotopic (exact) mass is 400 g/mol. The zero-order valence-electron chi connectivity index (χ0n) is 15.0. The van der Waals surface area contributed by atoms with Crippen molar-refractivity contribution in [3.05, 3.63) is 0 Å². The molecule has 0 rings (SSSR count). The summed E-state index contributed by atoms with van der Waals surface area (Å²) in [5, 5.41) is 8.56. The standard InChI is InChI=1S/C17H28F8O/c1-2-3-8-11-14(18,19)16(22,23)17(24,25)15(20,21)12-9-6-4-5-7-10-13-26/h26H,2-13H2,1H3. The van der Waals surface area contributed by atoms with E-state index in [1.165, 1.54) is 0 Å². The molecule has 0 heterocycles. The number of rotatable bonds is 15. The van der Waals surface area contributed by atoms with E-state index < -0.39 is 49.4 Å². The molecule has 1 nitrogen and oxygen atoms in total. The third-order valence-corrected chi connectivity index (χ3v) is 4.31. The Morgan fingerprint density at radius 3 is 1.27 bits per heavy atom. The lowest BCUT2D eigenvalue weighted by molar-refractivity contribution is -0.368. The van der Waals surface area contributed by atoms with Gasteiger partial charge in [0.1, 0.15) is 0 Å². The van der Waals surface area contributed by atoms with Crippen molar-refractivity contribution in [1.82, 2.24) is 0 Å². The van der Waals surface area contributed by atoms with E-state index in [0.717, 1.165) is 0 Å². The zero-order chi connectivity index (χ0) is 20.5. The van der Waals surface area contributed by atoms with E-state index in [-0.39, 0.29) is 19.4 Å². The maximum atomic E-state index is 13.7. The number of alkyl halides is 8. The van der Waals surface area contributed by atoms with Gasteiger partial charge in [-0.15, -0.1) is 0 Å². The zero-order valence-corrected chi connectivity index (χ0v) is 15.0. The van der Waals surface area contributed by atoms with Crippen LogP contribution in [0.5, 0.6) is 0 Å². The Labute approximate surface area is 149 Å². The first-order valence-corrected chi connectivity index (χ1v) is 8.99. The number of aliphatic hydroxyl groups excluding tert-OH is 1. The average molecular weight is 400 g/mol. The molecule has 0 aliphatic rings. The number of unbranched alkanes of at least 4 members (excludes halogenated alkanes) is 7. The van der Waals surface area contributed by atoms with Crippen molar-refractivity contribution >= 4 is 0 Å². The highest BCUT2D eigenvalue weighted by Crippen LogP contribution is 2.55. The second-order valence-electron chi connectivity index (χ2n) is 6.61. The predicted octanol–water partition coefficient (Wildman–Crippen LogP) is 6.83. The maximum Gasteiger partial charge on any atom is 0.378 e. The summed E-state index contributed by atoms with van der Waals surface area (Å²) in [6, 6.07) is 0. The highest BCUT2D eigenvalue weighted by atomic mass is 19.4. The number of hydrogen-bond acceptors (Lipinski definition) is 1. The number of hydrogen-bond donors (Lipinski definition) is 1. The first-order valence-electron chi connectivity index (χ1n) is 8.99. The lowest BCUT2D eigenvalue weighted by Crippen LogP contribution is -2.62. The van der Waals surface area contributed by atoms with Crippen LogP contribution < -0.4 is 0 Å². The van der Waals surface area contributed by atoms with Crippen molar-refractivity contribution in [3.8, 4) is 0 Å². The number of halogens is 8. The van der Waals surface area contributed by atoms with Gasteiger partial charge < -0.3 is 5.11 Å². The quantitative estimate of drug-likeness (QED) is 0.236. The van der Waals surface area contributed by atoms with Gasteiger partial charge in [0.2, 0.25) is 0 Å². The minimum Gasteiger partial charge on any atom is -0.396 e. The molecule has 0 fully saturated rings. The van der Waals surface area contributed by atoms with Gasteiger partial charge in [0, 0.05) is 19.4 Å².